The summed E-state index contributed by atoms with van der Waals surface area (Å²) in [4.78, 5) is 0. The molecule has 0 N–H and O–H groups in total. The number of hydrogen-bond donors (Lipinski definition) is 0. The molecule has 8 heteroatoms. The van der Waals surface area contributed by atoms with Gasteiger partial charge in [-0.25, -0.2) is 0 Å². The zero-order valence-corrected chi connectivity index (χ0v) is 7.65. The lowest BCUT2D eigenvalue weighted by atomic mass is 10.5. The van der Waals surface area contributed by atoms with Crippen LogP contribution < -0.4 is 0 Å². The van der Waals surface area contributed by atoms with Crippen molar-refractivity contribution in [2.75, 3.05) is 0 Å². The van der Waals surface area contributed by atoms with Crippen molar-refractivity contribution in [1.29, 1.82) is 0 Å². The molecule has 0 spiro atoms. The summed E-state index contributed by atoms with van der Waals surface area (Å²) in [6.45, 7) is 1.08. The Hall–Kier alpha value is 0.320. The fraction of sp³-hybridized carbons (Fsp3) is 1.00. The second-order valence-electron chi connectivity index (χ2n) is 1.35. The third kappa shape index (κ3) is 64.8. The van der Waals surface area contributed by atoms with Crippen LogP contribution in [0.3, 0.4) is 0 Å². The molecule has 70 valence electrons. The molecule has 11 heavy (non-hydrogen) atoms. The number of rotatable bonds is 0. The molecule has 0 rings (SSSR count). The van der Waals surface area contributed by atoms with Crippen LogP contribution in [0.1, 0.15) is 13.3 Å². The summed E-state index contributed by atoms with van der Waals surface area (Å²) >= 11 is 0. The summed E-state index contributed by atoms with van der Waals surface area (Å²) in [6, 6.07) is 0. The van der Waals surface area contributed by atoms with Gasteiger partial charge in [-0.15, -0.1) is 0 Å². The van der Waals surface area contributed by atoms with E-state index in [1.165, 1.54) is 0 Å². The van der Waals surface area contributed by atoms with Crippen molar-refractivity contribution in [2.24, 2.45) is 0 Å². The van der Waals surface area contributed by atoms with Crippen LogP contribution in [0.2, 0.25) is 0 Å². The minimum Gasteiger partial charge on any atom is -0.195 e. The summed E-state index contributed by atoms with van der Waals surface area (Å²) in [5.74, 6) is 0. The largest absolute Gasteiger partial charge is 0.388 e. The third-order valence-electron chi connectivity index (χ3n) is 0.401. The van der Waals surface area contributed by atoms with Crippen molar-refractivity contribution in [3.8, 4) is 0 Å². The highest BCUT2D eigenvalue weighted by atomic mass is 36.0. The molecule has 0 bridgehead atoms. The van der Waals surface area contributed by atoms with E-state index in [1.54, 1.807) is 0 Å². The number of alkyl halides is 3. The van der Waals surface area contributed by atoms with Crippen LogP contribution >= 0.6 is 21.4 Å². The van der Waals surface area contributed by atoms with Crippen LogP contribution in [0.25, 0.3) is 0 Å². The van der Waals surface area contributed by atoms with Gasteiger partial charge in [-0.2, -0.15) is 21.6 Å². The summed E-state index contributed by atoms with van der Waals surface area (Å²) < 4.78 is 50.7. The quantitative estimate of drug-likeness (QED) is 0.602. The highest BCUT2D eigenvalue weighted by Gasteiger charge is 2.22. The molecule has 0 aromatic heterocycles. The van der Waals surface area contributed by atoms with E-state index in [2.05, 4.69) is 21.4 Å². The van der Waals surface area contributed by atoms with Crippen LogP contribution in [-0.4, -0.2) is 14.6 Å². The monoisotopic (exact) mass is 232 g/mol. The average Bonchev–Trinajstić information content (AvgIpc) is 1.59. The molecule has 0 aliphatic rings. The molecular weight excluding hydrogens is 228 g/mol. The van der Waals surface area contributed by atoms with Crippen LogP contribution in [0.15, 0.2) is 0 Å². The Morgan fingerprint density at radius 2 is 1.36 bits per heavy atom. The van der Waals surface area contributed by atoms with Crippen LogP contribution in [0, 0.1) is 0 Å². The highest BCUT2D eigenvalue weighted by Crippen LogP contribution is 2.17. The van der Waals surface area contributed by atoms with Crippen molar-refractivity contribution in [3.05, 3.63) is 0 Å². The van der Waals surface area contributed by atoms with Crippen LogP contribution in [-0.2, 0) is 8.26 Å². The minimum atomic E-state index is -3.96. The molecule has 0 heterocycles. The highest BCUT2D eigenvalue weighted by molar-refractivity contribution is 8.31. The van der Waals surface area contributed by atoms with Gasteiger partial charge < -0.3 is 0 Å². The van der Waals surface area contributed by atoms with Gasteiger partial charge in [0.2, 0.25) is 0 Å². The Morgan fingerprint density at radius 3 is 1.36 bits per heavy atom. The number of halogens is 5. The summed E-state index contributed by atoms with van der Waals surface area (Å²) in [5, 5.41) is 0. The van der Waals surface area contributed by atoms with Gasteiger partial charge in [0.05, 0.1) is 0 Å². The lowest BCUT2D eigenvalue weighted by Crippen LogP contribution is -2.02. The Balaban J connectivity index is 0. The topological polar surface area (TPSA) is 34.1 Å². The van der Waals surface area contributed by atoms with E-state index in [9.17, 15) is 13.2 Å². The molecule has 0 atom stereocenters. The normalized spacial score (nSPS) is 11.8. The van der Waals surface area contributed by atoms with Crippen LogP contribution in [0.4, 0.5) is 13.2 Å². The molecule has 0 radical (unpaired) electrons. The van der Waals surface area contributed by atoms with Crippen molar-refractivity contribution in [2.45, 2.75) is 19.5 Å². The van der Waals surface area contributed by atoms with E-state index in [1.807, 2.05) is 0 Å². The predicted molar refractivity (Wildman–Crippen MR) is 37.0 cm³/mol. The second kappa shape index (κ2) is 5.05. The van der Waals surface area contributed by atoms with E-state index in [0.717, 1.165) is 6.92 Å². The maximum Gasteiger partial charge on any atom is 0.388 e. The Labute approximate surface area is 71.2 Å². The Morgan fingerprint density at radius 1 is 1.27 bits per heavy atom. The van der Waals surface area contributed by atoms with E-state index in [0.29, 0.717) is 0 Å². The first-order valence-electron chi connectivity index (χ1n) is 2.27. The van der Waals surface area contributed by atoms with Gasteiger partial charge in [0.25, 0.3) is 0 Å². The van der Waals surface area contributed by atoms with Gasteiger partial charge in [0.1, 0.15) is 0 Å². The Bertz CT molecular complexity index is 177. The predicted octanol–water partition coefficient (Wildman–Crippen LogP) is 2.67. The summed E-state index contributed by atoms with van der Waals surface area (Å²) in [6.07, 6.45) is -4.69. The van der Waals surface area contributed by atoms with E-state index in [-0.39, 0.29) is 0 Å². The lowest BCUT2D eigenvalue weighted by molar-refractivity contribution is -0.130. The maximum atomic E-state index is 10.8. The molecular formula is C3H5Cl2F3O2S. The molecule has 0 aliphatic heterocycles. The standard InChI is InChI=1S/C3H5F3.Cl2O2S/c1-2-3(4,5)6;1-5(2,3)4/h2H2,1H3;. The molecule has 0 saturated carbocycles. The summed E-state index contributed by atoms with van der Waals surface area (Å²) in [7, 11) is 4.81. The van der Waals surface area contributed by atoms with Gasteiger partial charge in [-0.3, -0.25) is 0 Å². The molecule has 0 aromatic carbocycles. The molecule has 0 aromatic rings. The van der Waals surface area contributed by atoms with Gasteiger partial charge in [-0.05, 0) is 0 Å². The van der Waals surface area contributed by atoms with Gasteiger partial charge in [0, 0.05) is 27.8 Å². The first-order chi connectivity index (χ1) is 4.56. The molecule has 0 aliphatic carbocycles. The van der Waals surface area contributed by atoms with Gasteiger partial charge in [0.15, 0.2) is 0 Å². The minimum absolute atomic E-state index is 0.729. The fourth-order valence-electron chi connectivity index (χ4n) is 0. The first kappa shape index (κ1) is 13.9. The SMILES string of the molecule is CCC(F)(F)F.O=S(=O)(Cl)Cl. The van der Waals surface area contributed by atoms with E-state index in [4.69, 9.17) is 8.42 Å². The zero-order valence-electron chi connectivity index (χ0n) is 5.32. The van der Waals surface area contributed by atoms with Crippen molar-refractivity contribution >= 4 is 29.6 Å². The molecule has 0 unspecified atom stereocenters. The van der Waals surface area contributed by atoms with Gasteiger partial charge in [-0.1, -0.05) is 6.92 Å². The molecule has 0 saturated heterocycles. The van der Waals surface area contributed by atoms with E-state index >= 15 is 0 Å². The molecule has 2 nitrogen and oxygen atoms in total. The lowest BCUT2D eigenvalue weighted by Gasteiger charge is -1.96. The van der Waals surface area contributed by atoms with Crippen molar-refractivity contribution in [3.63, 3.8) is 0 Å². The maximum absolute atomic E-state index is 10.8. The average molecular weight is 233 g/mol. The molecule has 0 fully saturated rings. The Kier molecular flexibility index (Phi) is 6.38. The summed E-state index contributed by atoms with van der Waals surface area (Å²) in [5.41, 5.74) is 0. The fourth-order valence-corrected chi connectivity index (χ4v) is 0. The second-order valence-corrected chi connectivity index (χ2v) is 5.02. The van der Waals surface area contributed by atoms with Crippen molar-refractivity contribution < 1.29 is 21.6 Å². The number of hydrogen-bond acceptors (Lipinski definition) is 2. The van der Waals surface area contributed by atoms with E-state index < -0.39 is 20.9 Å². The zero-order chi connectivity index (χ0) is 9.71. The third-order valence-corrected chi connectivity index (χ3v) is 0.401. The van der Waals surface area contributed by atoms with Gasteiger partial charge >= 0.3 is 14.4 Å². The van der Waals surface area contributed by atoms with Crippen molar-refractivity contribution in [1.82, 2.24) is 0 Å². The smallest absolute Gasteiger partial charge is 0.195 e. The first-order valence-corrected chi connectivity index (χ1v) is 5.41. The van der Waals surface area contributed by atoms with Crippen LogP contribution in [0.5, 0.6) is 0 Å². The molecule has 0 amide bonds.